The highest BCUT2D eigenvalue weighted by Crippen LogP contribution is 2.63. The van der Waals surface area contributed by atoms with Gasteiger partial charge in [-0.1, -0.05) is 231 Å². The molecule has 362 valence electrons. The molecular weight excluding hydrogens is 929 g/mol. The number of hydrogen-bond acceptors (Lipinski definition) is 1. The van der Waals surface area contributed by atoms with Gasteiger partial charge in [0.1, 0.15) is 0 Å². The molecule has 0 fully saturated rings. The molecule has 1 spiro atoms. The summed E-state index contributed by atoms with van der Waals surface area (Å²) in [6.45, 7) is 6.61. The minimum absolute atomic E-state index is 0.508. The van der Waals surface area contributed by atoms with E-state index in [1.54, 1.807) is 0 Å². The van der Waals surface area contributed by atoms with E-state index in [-0.39, 0.29) is 0 Å². The topological polar surface area (TPSA) is 8.17 Å². The van der Waals surface area contributed by atoms with E-state index in [2.05, 4.69) is 308 Å². The van der Waals surface area contributed by atoms with Crippen LogP contribution in [0.2, 0.25) is 0 Å². The molecule has 0 atom stereocenters. The number of rotatable bonds is 9. The van der Waals surface area contributed by atoms with Crippen molar-refractivity contribution in [1.82, 2.24) is 4.57 Å². The summed E-state index contributed by atoms with van der Waals surface area (Å²) >= 11 is 0. The molecule has 0 N–H and O–H groups in total. The summed E-state index contributed by atoms with van der Waals surface area (Å²) in [4.78, 5) is 2.48. The number of allylic oxidation sites excluding steroid dienone is 5. The fourth-order valence-corrected chi connectivity index (χ4v) is 14.0. The minimum atomic E-state index is -0.548. The molecule has 0 saturated heterocycles. The van der Waals surface area contributed by atoms with Gasteiger partial charge in [-0.25, -0.2) is 0 Å². The highest BCUT2D eigenvalue weighted by molar-refractivity contribution is 6.09. The number of benzene rings is 11. The van der Waals surface area contributed by atoms with E-state index in [1.165, 1.54) is 99.7 Å². The lowest BCUT2D eigenvalue weighted by Gasteiger charge is -2.34. The van der Waals surface area contributed by atoms with Gasteiger partial charge in [-0.15, -0.1) is 0 Å². The van der Waals surface area contributed by atoms with Crippen LogP contribution >= 0.6 is 0 Å². The van der Waals surface area contributed by atoms with Gasteiger partial charge in [0, 0.05) is 33.5 Å². The van der Waals surface area contributed by atoms with E-state index in [0.29, 0.717) is 0 Å². The van der Waals surface area contributed by atoms with Crippen molar-refractivity contribution in [2.45, 2.75) is 17.8 Å². The van der Waals surface area contributed by atoms with Crippen LogP contribution < -0.4 is 4.90 Å². The van der Waals surface area contributed by atoms with Crippen molar-refractivity contribution in [2.75, 3.05) is 4.90 Å². The summed E-state index contributed by atoms with van der Waals surface area (Å²) in [6, 6.07) is 99.3. The zero-order valence-electron chi connectivity index (χ0n) is 42.7. The third kappa shape index (κ3) is 6.30. The Labute approximate surface area is 450 Å². The predicted octanol–water partition coefficient (Wildman–Crippen LogP) is 19.1. The van der Waals surface area contributed by atoms with Crippen molar-refractivity contribution < 1.29 is 0 Å². The van der Waals surface area contributed by atoms with Gasteiger partial charge in [0.05, 0.1) is 21.9 Å². The second kappa shape index (κ2) is 17.4. The summed E-state index contributed by atoms with van der Waals surface area (Å²) in [7, 11) is 0. The van der Waals surface area contributed by atoms with Gasteiger partial charge >= 0.3 is 0 Å². The third-order valence-electron chi connectivity index (χ3n) is 17.0. The van der Waals surface area contributed by atoms with Gasteiger partial charge in [-0.3, -0.25) is 0 Å². The second-order valence-electron chi connectivity index (χ2n) is 20.7. The average molecular weight is 981 g/mol. The standard InChI is InChI=1S/C75H52N2/c1-3-22-66-58(4-2)62-45-43-57(49-71(62)75(66)68-35-17-11-29-59(68)60-30-12-18-36-69(60)75)76(54-41-39-50(40-42-54)51-23-21-28-55(47-51)77-72-37-19-14-32-63(72)64-33-15-20-38-73(64)77)56-44-46-70-65(48-56)61-31-13-16-34-67(61)74(70,52-24-7-5-8-25-52)53-26-9-6-10-27-53/h3-49H,2H2,1H3/b22-3-. The Kier molecular flexibility index (Phi) is 10.1. The Bertz CT molecular complexity index is 4280. The number of anilines is 3. The third-order valence-corrected chi connectivity index (χ3v) is 17.0. The van der Waals surface area contributed by atoms with Crippen LogP contribution in [0.5, 0.6) is 0 Å². The Morgan fingerprint density at radius 1 is 0.377 bits per heavy atom. The molecule has 0 bridgehead atoms. The molecule has 0 aliphatic heterocycles. The molecule has 12 aromatic rings. The number of fused-ring (bicyclic) bond motifs is 13. The lowest BCUT2D eigenvalue weighted by molar-refractivity contribution is 0.768. The van der Waals surface area contributed by atoms with Crippen LogP contribution in [0.25, 0.3) is 66.4 Å². The first kappa shape index (κ1) is 44.7. The Balaban J connectivity index is 0.939. The van der Waals surface area contributed by atoms with E-state index in [1.807, 2.05) is 0 Å². The van der Waals surface area contributed by atoms with E-state index in [0.717, 1.165) is 33.9 Å². The lowest BCUT2D eigenvalue weighted by Crippen LogP contribution is -2.28. The maximum atomic E-state index is 4.48. The smallest absolute Gasteiger partial charge is 0.0726 e. The second-order valence-corrected chi connectivity index (χ2v) is 20.7. The molecule has 3 aliphatic carbocycles. The summed E-state index contributed by atoms with van der Waals surface area (Å²) in [5, 5.41) is 2.51. The Morgan fingerprint density at radius 2 is 0.883 bits per heavy atom. The van der Waals surface area contributed by atoms with Crippen LogP contribution in [-0.2, 0) is 10.8 Å². The highest BCUT2D eigenvalue weighted by atomic mass is 15.1. The molecular formula is C75H52N2. The molecule has 2 heteroatoms. The zero-order chi connectivity index (χ0) is 51.2. The molecule has 0 saturated carbocycles. The summed E-state index contributed by atoms with van der Waals surface area (Å²) in [6.07, 6.45) is 6.59. The molecule has 1 aromatic heterocycles. The van der Waals surface area contributed by atoms with Crippen molar-refractivity contribution in [2.24, 2.45) is 0 Å². The van der Waals surface area contributed by atoms with E-state index in [4.69, 9.17) is 0 Å². The largest absolute Gasteiger partial charge is 0.310 e. The molecule has 0 unspecified atom stereocenters. The summed E-state index contributed by atoms with van der Waals surface area (Å²) in [5.41, 5.74) is 25.6. The minimum Gasteiger partial charge on any atom is -0.310 e. The molecule has 15 rings (SSSR count). The zero-order valence-corrected chi connectivity index (χ0v) is 42.7. The summed E-state index contributed by atoms with van der Waals surface area (Å²) < 4.78 is 2.40. The van der Waals surface area contributed by atoms with Crippen molar-refractivity contribution in [1.29, 1.82) is 0 Å². The number of hydrogen-bond donors (Lipinski definition) is 0. The van der Waals surface area contributed by atoms with Crippen molar-refractivity contribution in [3.8, 4) is 39.1 Å². The van der Waals surface area contributed by atoms with Crippen molar-refractivity contribution in [3.63, 3.8) is 0 Å². The van der Waals surface area contributed by atoms with Crippen LogP contribution in [0, 0.1) is 0 Å². The first-order chi connectivity index (χ1) is 38.1. The monoisotopic (exact) mass is 980 g/mol. The first-order valence-corrected chi connectivity index (χ1v) is 26.8. The van der Waals surface area contributed by atoms with E-state index in [9.17, 15) is 0 Å². The van der Waals surface area contributed by atoms with Crippen LogP contribution in [-0.4, -0.2) is 4.57 Å². The maximum Gasteiger partial charge on any atom is 0.0726 e. The lowest BCUT2D eigenvalue weighted by atomic mass is 9.68. The molecule has 11 aromatic carbocycles. The van der Waals surface area contributed by atoms with Gasteiger partial charge in [-0.2, -0.15) is 0 Å². The average Bonchev–Trinajstić information content (AvgIpc) is 4.20. The number of para-hydroxylation sites is 2. The van der Waals surface area contributed by atoms with Gasteiger partial charge in [0.25, 0.3) is 0 Å². The van der Waals surface area contributed by atoms with Crippen molar-refractivity contribution >= 4 is 44.4 Å². The van der Waals surface area contributed by atoms with Crippen LogP contribution in [0.4, 0.5) is 17.1 Å². The van der Waals surface area contributed by atoms with Gasteiger partial charge in [-0.05, 0) is 157 Å². The van der Waals surface area contributed by atoms with Crippen LogP contribution in [0.15, 0.2) is 297 Å². The van der Waals surface area contributed by atoms with Gasteiger partial charge in [0.2, 0.25) is 0 Å². The van der Waals surface area contributed by atoms with E-state index < -0.39 is 10.8 Å². The highest BCUT2D eigenvalue weighted by Gasteiger charge is 2.52. The van der Waals surface area contributed by atoms with Crippen LogP contribution in [0.1, 0.15) is 51.4 Å². The quantitative estimate of drug-likeness (QED) is 0.140. The first-order valence-electron chi connectivity index (χ1n) is 26.8. The Morgan fingerprint density at radius 3 is 1.49 bits per heavy atom. The summed E-state index contributed by atoms with van der Waals surface area (Å²) in [5.74, 6) is 0. The molecule has 77 heavy (non-hydrogen) atoms. The maximum absolute atomic E-state index is 4.48. The molecule has 2 nitrogen and oxygen atoms in total. The number of aromatic nitrogens is 1. The normalized spacial score (nSPS) is 14.2. The molecule has 1 heterocycles. The van der Waals surface area contributed by atoms with E-state index >= 15 is 0 Å². The predicted molar refractivity (Wildman–Crippen MR) is 322 cm³/mol. The molecule has 0 radical (unpaired) electrons. The van der Waals surface area contributed by atoms with Crippen molar-refractivity contribution in [3.05, 3.63) is 342 Å². The number of nitrogens with zero attached hydrogens (tertiary/aromatic N) is 2. The SMILES string of the molecule is C=CC1=C(/C=C\C)C2(c3cc(N(c4ccc(-c5cccc(-n6c7ccccc7c7ccccc76)c5)cc4)c4ccc5c(c4)-c4ccccc4C5(c4ccccc4)c4ccccc4)ccc31)c1ccccc1-c1ccccc12. The Hall–Kier alpha value is -9.76. The van der Waals surface area contributed by atoms with Gasteiger partial charge in [0.15, 0.2) is 0 Å². The fourth-order valence-electron chi connectivity index (χ4n) is 14.0. The molecule has 0 amide bonds. The van der Waals surface area contributed by atoms with Gasteiger partial charge < -0.3 is 9.47 Å². The van der Waals surface area contributed by atoms with Crippen LogP contribution in [0.3, 0.4) is 0 Å². The fraction of sp³-hybridized carbons (Fsp3) is 0.0400. The molecule has 3 aliphatic rings.